The van der Waals surface area contributed by atoms with Crippen LogP contribution in [0.25, 0.3) is 0 Å². The van der Waals surface area contributed by atoms with Crippen LogP contribution in [-0.2, 0) is 12.8 Å². The third kappa shape index (κ3) is 3.19. The first kappa shape index (κ1) is 9.47. The van der Waals surface area contributed by atoms with Crippen LogP contribution >= 0.6 is 11.8 Å². The molecule has 1 heterocycles. The Hall–Kier alpha value is -0.620. The zero-order valence-electron chi connectivity index (χ0n) is 7.27. The van der Waals surface area contributed by atoms with E-state index in [1.807, 2.05) is 6.92 Å². The molecule has 68 valence electrons. The highest BCUT2D eigenvalue weighted by Gasteiger charge is 2.00. The molecule has 12 heavy (non-hydrogen) atoms. The van der Waals surface area contributed by atoms with E-state index in [4.69, 9.17) is 5.73 Å². The Kier molecular flexibility index (Phi) is 3.48. The summed E-state index contributed by atoms with van der Waals surface area (Å²) in [6.07, 6.45) is 0. The Labute approximate surface area is 75.7 Å². The Bertz CT molecular complexity index is 234. The minimum atomic E-state index is 0.228. The van der Waals surface area contributed by atoms with Crippen molar-refractivity contribution in [1.29, 1.82) is 0 Å². The van der Waals surface area contributed by atoms with Crippen molar-refractivity contribution in [2.45, 2.75) is 18.7 Å². The number of nitrogens with zero attached hydrogens (tertiary/aromatic N) is 4. The molecule has 0 fully saturated rings. The Morgan fingerprint density at radius 2 is 2.42 bits per heavy atom. The van der Waals surface area contributed by atoms with E-state index in [0.717, 1.165) is 17.3 Å². The third-order valence-electron chi connectivity index (χ3n) is 1.16. The molecule has 6 heteroatoms. The number of aryl methyl sites for hydroxylation is 1. The zero-order valence-corrected chi connectivity index (χ0v) is 8.08. The molecule has 0 bridgehead atoms. The fourth-order valence-electron chi connectivity index (χ4n) is 0.717. The van der Waals surface area contributed by atoms with Gasteiger partial charge in [-0.1, -0.05) is 0 Å². The van der Waals surface area contributed by atoms with Gasteiger partial charge < -0.3 is 5.73 Å². The van der Waals surface area contributed by atoms with Crippen LogP contribution in [0.4, 0.5) is 0 Å². The second-order valence-corrected chi connectivity index (χ2v) is 3.72. The molecular weight excluding hydrogens is 174 g/mol. The van der Waals surface area contributed by atoms with Crippen molar-refractivity contribution in [3.8, 4) is 0 Å². The minimum Gasteiger partial charge on any atom is -0.327 e. The molecule has 1 aromatic heterocycles. The molecule has 0 aliphatic heterocycles. The number of tetrazole rings is 1. The Morgan fingerprint density at radius 1 is 1.67 bits per heavy atom. The third-order valence-corrected chi connectivity index (χ3v) is 2.39. The first-order chi connectivity index (χ1) is 5.68. The van der Waals surface area contributed by atoms with Gasteiger partial charge in [0.25, 0.3) is 0 Å². The van der Waals surface area contributed by atoms with Gasteiger partial charge in [0.1, 0.15) is 0 Å². The topological polar surface area (TPSA) is 69.6 Å². The molecule has 0 spiro atoms. The number of rotatable bonds is 4. The lowest BCUT2D eigenvalue weighted by Crippen LogP contribution is -2.17. The second-order valence-electron chi connectivity index (χ2n) is 2.69. The van der Waals surface area contributed by atoms with Gasteiger partial charge in [0, 0.05) is 11.8 Å². The van der Waals surface area contributed by atoms with Crippen molar-refractivity contribution < 1.29 is 0 Å². The molecule has 0 aliphatic carbocycles. The monoisotopic (exact) mass is 187 g/mol. The maximum atomic E-state index is 5.58. The van der Waals surface area contributed by atoms with Crippen molar-refractivity contribution in [1.82, 2.24) is 20.2 Å². The maximum Gasteiger partial charge on any atom is 0.184 e. The fourth-order valence-corrected chi connectivity index (χ4v) is 1.50. The van der Waals surface area contributed by atoms with Gasteiger partial charge in [0.15, 0.2) is 5.82 Å². The highest BCUT2D eigenvalue weighted by molar-refractivity contribution is 7.98. The molecule has 5 nitrogen and oxygen atoms in total. The number of hydrogen-bond donors (Lipinski definition) is 1. The quantitative estimate of drug-likeness (QED) is 0.706. The summed E-state index contributed by atoms with van der Waals surface area (Å²) >= 11 is 1.72. The molecule has 2 N–H and O–H groups in total. The fraction of sp³-hybridized carbons (Fsp3) is 0.833. The van der Waals surface area contributed by atoms with E-state index in [1.165, 1.54) is 4.80 Å². The lowest BCUT2D eigenvalue weighted by molar-refractivity contribution is 0.628. The van der Waals surface area contributed by atoms with Crippen molar-refractivity contribution in [2.75, 3.05) is 5.75 Å². The first-order valence-electron chi connectivity index (χ1n) is 3.74. The SMILES string of the molecule is CC(N)CSCc1nnn(C)n1. The van der Waals surface area contributed by atoms with Crippen molar-refractivity contribution in [3.63, 3.8) is 0 Å². The van der Waals surface area contributed by atoms with Gasteiger partial charge in [-0.2, -0.15) is 16.6 Å². The predicted octanol–water partition coefficient (Wildman–Crippen LogP) is -0.210. The average molecular weight is 187 g/mol. The number of hydrogen-bond acceptors (Lipinski definition) is 5. The molecule has 0 amide bonds. The van der Waals surface area contributed by atoms with Gasteiger partial charge in [-0.05, 0) is 12.1 Å². The smallest absolute Gasteiger partial charge is 0.184 e. The molecule has 1 unspecified atom stereocenters. The molecule has 0 saturated carbocycles. The normalized spacial score (nSPS) is 13.2. The van der Waals surface area contributed by atoms with Crippen LogP contribution in [0, 0.1) is 0 Å². The number of thioether (sulfide) groups is 1. The van der Waals surface area contributed by atoms with Gasteiger partial charge in [0.05, 0.1) is 12.8 Å². The summed E-state index contributed by atoms with van der Waals surface area (Å²) in [5.74, 6) is 2.48. The average Bonchev–Trinajstić information content (AvgIpc) is 2.35. The van der Waals surface area contributed by atoms with E-state index >= 15 is 0 Å². The summed E-state index contributed by atoms with van der Waals surface area (Å²) in [4.78, 5) is 1.46. The molecule has 0 radical (unpaired) electrons. The summed E-state index contributed by atoms with van der Waals surface area (Å²) in [6.45, 7) is 1.98. The lowest BCUT2D eigenvalue weighted by atomic mass is 10.4. The second kappa shape index (κ2) is 4.42. The van der Waals surface area contributed by atoms with Crippen LogP contribution in [0.15, 0.2) is 0 Å². The van der Waals surface area contributed by atoms with Gasteiger partial charge in [-0.3, -0.25) is 0 Å². The van der Waals surface area contributed by atoms with Gasteiger partial charge in [-0.25, -0.2) is 0 Å². The van der Waals surface area contributed by atoms with Crippen LogP contribution in [0.5, 0.6) is 0 Å². The largest absolute Gasteiger partial charge is 0.327 e. The molecular formula is C6H13N5S. The molecule has 0 aliphatic rings. The predicted molar refractivity (Wildman–Crippen MR) is 48.6 cm³/mol. The lowest BCUT2D eigenvalue weighted by Gasteiger charge is -2.00. The number of aromatic nitrogens is 4. The van der Waals surface area contributed by atoms with E-state index in [2.05, 4.69) is 15.4 Å². The molecule has 0 aromatic carbocycles. The summed E-state index contributed by atoms with van der Waals surface area (Å²) in [5.41, 5.74) is 5.58. The van der Waals surface area contributed by atoms with E-state index in [9.17, 15) is 0 Å². The van der Waals surface area contributed by atoms with Crippen molar-refractivity contribution in [2.24, 2.45) is 12.8 Å². The summed E-state index contributed by atoms with van der Waals surface area (Å²) in [5, 5.41) is 11.6. The van der Waals surface area contributed by atoms with Crippen LogP contribution in [0.3, 0.4) is 0 Å². The first-order valence-corrected chi connectivity index (χ1v) is 4.90. The molecule has 1 aromatic rings. The summed E-state index contributed by atoms with van der Waals surface area (Å²) in [7, 11) is 1.76. The standard InChI is InChI=1S/C6H13N5S/c1-5(7)3-12-4-6-8-10-11(2)9-6/h5H,3-4,7H2,1-2H3. The van der Waals surface area contributed by atoms with Crippen LogP contribution in [-0.4, -0.2) is 32.0 Å². The maximum absolute atomic E-state index is 5.58. The van der Waals surface area contributed by atoms with E-state index < -0.39 is 0 Å². The van der Waals surface area contributed by atoms with Crippen molar-refractivity contribution >= 4 is 11.8 Å². The van der Waals surface area contributed by atoms with Gasteiger partial charge in [0.2, 0.25) is 0 Å². The Balaban J connectivity index is 2.24. The zero-order chi connectivity index (χ0) is 8.97. The Morgan fingerprint density at radius 3 is 2.92 bits per heavy atom. The van der Waals surface area contributed by atoms with E-state index in [0.29, 0.717) is 0 Å². The van der Waals surface area contributed by atoms with Crippen LogP contribution < -0.4 is 5.73 Å². The summed E-state index contributed by atoms with van der Waals surface area (Å²) in [6, 6.07) is 0.228. The van der Waals surface area contributed by atoms with Crippen molar-refractivity contribution in [3.05, 3.63) is 5.82 Å². The van der Waals surface area contributed by atoms with Gasteiger partial charge >= 0.3 is 0 Å². The van der Waals surface area contributed by atoms with Gasteiger partial charge in [-0.15, -0.1) is 10.2 Å². The summed E-state index contributed by atoms with van der Waals surface area (Å²) < 4.78 is 0. The number of nitrogens with two attached hydrogens (primary N) is 1. The molecule has 1 rings (SSSR count). The minimum absolute atomic E-state index is 0.228. The molecule has 0 saturated heterocycles. The van der Waals surface area contributed by atoms with Crippen LogP contribution in [0.2, 0.25) is 0 Å². The molecule has 1 atom stereocenters. The van der Waals surface area contributed by atoms with E-state index in [-0.39, 0.29) is 6.04 Å². The van der Waals surface area contributed by atoms with E-state index in [1.54, 1.807) is 18.8 Å². The highest BCUT2D eigenvalue weighted by atomic mass is 32.2. The highest BCUT2D eigenvalue weighted by Crippen LogP contribution is 2.07. The van der Waals surface area contributed by atoms with Crippen LogP contribution in [0.1, 0.15) is 12.7 Å².